The predicted octanol–water partition coefficient (Wildman–Crippen LogP) is 4.88. The molecule has 0 radical (unpaired) electrons. The predicted molar refractivity (Wildman–Crippen MR) is 105 cm³/mol. The second-order valence-electron chi connectivity index (χ2n) is 6.59. The highest BCUT2D eigenvalue weighted by atomic mass is 35.5. The maximum absolute atomic E-state index is 12.5. The topological polar surface area (TPSA) is 43.4 Å². The van der Waals surface area contributed by atoms with Gasteiger partial charge in [-0.2, -0.15) is 0 Å². The molecular weight excluding hydrogens is 360 g/mol. The van der Waals surface area contributed by atoms with Crippen LogP contribution in [0.1, 0.15) is 27.0 Å². The molecule has 134 valence electrons. The fraction of sp³-hybridized carbons (Fsp3) is 0.130. The Morgan fingerprint density at radius 1 is 0.889 bits per heavy atom. The first-order chi connectivity index (χ1) is 13.1. The van der Waals surface area contributed by atoms with Crippen molar-refractivity contribution >= 4 is 23.4 Å². The van der Waals surface area contributed by atoms with Crippen LogP contribution in [0.5, 0.6) is 0 Å². The number of ether oxygens (including phenoxy) is 1. The summed E-state index contributed by atoms with van der Waals surface area (Å²) in [7, 11) is 0. The lowest BCUT2D eigenvalue weighted by molar-refractivity contribution is -0.141. The smallest absolute Gasteiger partial charge is 0.310 e. The molecule has 0 bridgehead atoms. The summed E-state index contributed by atoms with van der Waals surface area (Å²) >= 11 is 5.83. The van der Waals surface area contributed by atoms with Crippen LogP contribution in [-0.2, 0) is 22.4 Å². The van der Waals surface area contributed by atoms with Gasteiger partial charge in [0, 0.05) is 10.6 Å². The molecule has 0 aliphatic heterocycles. The molecule has 1 aliphatic carbocycles. The van der Waals surface area contributed by atoms with Gasteiger partial charge in [-0.1, -0.05) is 60.1 Å². The van der Waals surface area contributed by atoms with Gasteiger partial charge >= 0.3 is 5.97 Å². The molecule has 0 heterocycles. The van der Waals surface area contributed by atoms with Crippen LogP contribution < -0.4 is 0 Å². The highest BCUT2D eigenvalue weighted by Gasteiger charge is 2.20. The Bertz CT molecular complexity index is 1020. The van der Waals surface area contributed by atoms with E-state index in [-0.39, 0.29) is 18.8 Å². The summed E-state index contributed by atoms with van der Waals surface area (Å²) in [6.45, 7) is -0.257. The summed E-state index contributed by atoms with van der Waals surface area (Å²) in [5.41, 5.74) is 6.10. The van der Waals surface area contributed by atoms with Gasteiger partial charge < -0.3 is 4.74 Å². The third-order valence-corrected chi connectivity index (χ3v) is 5.00. The number of ketones is 1. The highest BCUT2D eigenvalue weighted by molar-refractivity contribution is 6.30. The molecule has 3 nitrogen and oxygen atoms in total. The van der Waals surface area contributed by atoms with Crippen LogP contribution >= 0.6 is 11.6 Å². The second-order valence-corrected chi connectivity index (χ2v) is 7.03. The van der Waals surface area contributed by atoms with Crippen LogP contribution in [0, 0.1) is 0 Å². The number of Topliss-reactive ketones (excluding diaryl/α,β-unsaturated/α-hetero) is 1. The van der Waals surface area contributed by atoms with Crippen LogP contribution in [0.4, 0.5) is 0 Å². The summed E-state index contributed by atoms with van der Waals surface area (Å²) in [5.74, 6) is -0.635. The van der Waals surface area contributed by atoms with Gasteiger partial charge in [-0.05, 0) is 52.4 Å². The standard InChI is InChI=1S/C23H17ClO3/c24-19-9-5-15(6-10-19)11-23(26)27-14-22(25)18-8-7-17-12-16-3-1-2-4-20(16)21(17)13-18/h1-10,13H,11-12,14H2. The van der Waals surface area contributed by atoms with Gasteiger partial charge in [0.2, 0.25) is 0 Å². The van der Waals surface area contributed by atoms with Gasteiger partial charge in [0.15, 0.2) is 12.4 Å². The molecule has 4 rings (SSSR count). The van der Waals surface area contributed by atoms with E-state index in [1.807, 2.05) is 24.3 Å². The van der Waals surface area contributed by atoms with E-state index >= 15 is 0 Å². The molecule has 0 N–H and O–H groups in total. The Morgan fingerprint density at radius 3 is 2.44 bits per heavy atom. The van der Waals surface area contributed by atoms with Crippen LogP contribution in [0.2, 0.25) is 5.02 Å². The summed E-state index contributed by atoms with van der Waals surface area (Å²) in [6.07, 6.45) is 0.998. The number of halogens is 1. The molecule has 4 heteroatoms. The Hall–Kier alpha value is -2.91. The molecule has 0 saturated carbocycles. The van der Waals surface area contributed by atoms with Gasteiger partial charge in [-0.15, -0.1) is 0 Å². The zero-order valence-electron chi connectivity index (χ0n) is 14.6. The fourth-order valence-electron chi connectivity index (χ4n) is 3.35. The summed E-state index contributed by atoms with van der Waals surface area (Å²) in [6, 6.07) is 20.9. The largest absolute Gasteiger partial charge is 0.457 e. The monoisotopic (exact) mass is 376 g/mol. The van der Waals surface area contributed by atoms with Gasteiger partial charge in [0.25, 0.3) is 0 Å². The van der Waals surface area contributed by atoms with E-state index in [2.05, 4.69) is 12.1 Å². The average Bonchev–Trinajstić information content (AvgIpc) is 3.06. The van der Waals surface area contributed by atoms with Crippen molar-refractivity contribution in [3.8, 4) is 11.1 Å². The van der Waals surface area contributed by atoms with Crippen molar-refractivity contribution in [1.82, 2.24) is 0 Å². The number of hydrogen-bond donors (Lipinski definition) is 0. The van der Waals surface area contributed by atoms with E-state index in [4.69, 9.17) is 16.3 Å². The van der Waals surface area contributed by atoms with Crippen molar-refractivity contribution < 1.29 is 14.3 Å². The van der Waals surface area contributed by atoms with Gasteiger partial charge in [0.05, 0.1) is 6.42 Å². The van der Waals surface area contributed by atoms with E-state index < -0.39 is 5.97 Å². The van der Waals surface area contributed by atoms with E-state index in [1.165, 1.54) is 16.7 Å². The highest BCUT2D eigenvalue weighted by Crippen LogP contribution is 2.36. The van der Waals surface area contributed by atoms with Gasteiger partial charge in [-0.25, -0.2) is 0 Å². The van der Waals surface area contributed by atoms with Crippen molar-refractivity contribution in [2.75, 3.05) is 6.61 Å². The molecule has 0 spiro atoms. The molecule has 0 fully saturated rings. The van der Waals surface area contributed by atoms with Crippen molar-refractivity contribution in [2.24, 2.45) is 0 Å². The minimum absolute atomic E-state index is 0.113. The minimum atomic E-state index is -0.433. The Morgan fingerprint density at radius 2 is 1.63 bits per heavy atom. The quantitative estimate of drug-likeness (QED) is 0.368. The van der Waals surface area contributed by atoms with Crippen LogP contribution in [0.3, 0.4) is 0 Å². The normalized spacial score (nSPS) is 11.6. The van der Waals surface area contributed by atoms with Crippen molar-refractivity contribution in [2.45, 2.75) is 12.8 Å². The molecule has 0 atom stereocenters. The molecule has 0 aromatic heterocycles. The number of carbonyl (C=O) groups excluding carboxylic acids is 2. The molecule has 3 aromatic rings. The summed E-state index contributed by atoms with van der Waals surface area (Å²) in [4.78, 5) is 24.4. The van der Waals surface area contributed by atoms with Gasteiger partial charge in [0.1, 0.15) is 0 Å². The third kappa shape index (κ3) is 3.79. The first-order valence-electron chi connectivity index (χ1n) is 8.74. The van der Waals surface area contributed by atoms with Crippen molar-refractivity contribution in [3.05, 3.63) is 94.0 Å². The average molecular weight is 377 g/mol. The number of fused-ring (bicyclic) bond motifs is 3. The first kappa shape index (κ1) is 17.5. The molecular formula is C23H17ClO3. The fourth-order valence-corrected chi connectivity index (χ4v) is 3.47. The number of carbonyl (C=O) groups is 2. The Labute approximate surface area is 162 Å². The molecule has 0 amide bonds. The van der Waals surface area contributed by atoms with E-state index in [9.17, 15) is 9.59 Å². The molecule has 1 aliphatic rings. The molecule has 27 heavy (non-hydrogen) atoms. The Kier molecular flexibility index (Phi) is 4.78. The lowest BCUT2D eigenvalue weighted by Gasteiger charge is -2.07. The lowest BCUT2D eigenvalue weighted by atomic mass is 10.0. The van der Waals surface area contributed by atoms with E-state index in [0.717, 1.165) is 17.5 Å². The third-order valence-electron chi connectivity index (χ3n) is 4.75. The number of rotatable bonds is 5. The molecule has 3 aromatic carbocycles. The van der Waals surface area contributed by atoms with Crippen LogP contribution in [0.15, 0.2) is 66.7 Å². The van der Waals surface area contributed by atoms with E-state index in [0.29, 0.717) is 10.6 Å². The Balaban J connectivity index is 1.41. The SMILES string of the molecule is O=C(Cc1ccc(Cl)cc1)OCC(=O)c1ccc2c(c1)-c1ccccc1C2. The van der Waals surface area contributed by atoms with Crippen LogP contribution in [-0.4, -0.2) is 18.4 Å². The summed E-state index contributed by atoms with van der Waals surface area (Å²) in [5, 5.41) is 0.612. The maximum atomic E-state index is 12.5. The first-order valence-corrected chi connectivity index (χ1v) is 9.12. The summed E-state index contributed by atoms with van der Waals surface area (Å²) < 4.78 is 5.16. The lowest BCUT2D eigenvalue weighted by Crippen LogP contribution is -2.15. The molecule has 0 saturated heterocycles. The minimum Gasteiger partial charge on any atom is -0.457 e. The second kappa shape index (κ2) is 7.37. The zero-order valence-corrected chi connectivity index (χ0v) is 15.3. The number of benzene rings is 3. The number of esters is 1. The van der Waals surface area contributed by atoms with Crippen molar-refractivity contribution in [1.29, 1.82) is 0 Å². The van der Waals surface area contributed by atoms with Gasteiger partial charge in [-0.3, -0.25) is 9.59 Å². The van der Waals surface area contributed by atoms with E-state index in [1.54, 1.807) is 30.3 Å². The van der Waals surface area contributed by atoms with Crippen molar-refractivity contribution in [3.63, 3.8) is 0 Å². The van der Waals surface area contributed by atoms with Crippen LogP contribution in [0.25, 0.3) is 11.1 Å². The maximum Gasteiger partial charge on any atom is 0.310 e. The number of hydrogen-bond acceptors (Lipinski definition) is 3. The molecule has 0 unspecified atom stereocenters. The zero-order chi connectivity index (χ0) is 18.8.